The maximum Gasteiger partial charge on any atom is 0.274 e. The summed E-state index contributed by atoms with van der Waals surface area (Å²) < 4.78 is 0. The van der Waals surface area contributed by atoms with E-state index in [1.165, 1.54) is 5.56 Å². The Morgan fingerprint density at radius 1 is 1.29 bits per heavy atom. The van der Waals surface area contributed by atoms with Crippen LogP contribution in [0, 0.1) is 6.92 Å². The van der Waals surface area contributed by atoms with Crippen molar-refractivity contribution < 1.29 is 0 Å². The molecular weight excluding hydrogens is 218 g/mol. The number of nitrogens with one attached hydrogen (secondary N) is 2. The molecule has 0 spiro atoms. The Hall–Kier alpha value is -2.21. The molecule has 0 atom stereocenters. The molecule has 0 fully saturated rings. The highest BCUT2D eigenvalue weighted by Gasteiger charge is 2.05. The number of nitrogens with zero attached hydrogens (tertiary/aromatic N) is 2. The summed E-state index contributed by atoms with van der Waals surface area (Å²) >= 11 is 0. The highest BCUT2D eigenvalue weighted by atomic mass is 16.1. The average molecular weight is 231 g/mol. The molecule has 6 nitrogen and oxygen atoms in total. The van der Waals surface area contributed by atoms with Crippen LogP contribution >= 0.6 is 0 Å². The topological polar surface area (TPSA) is 96.7 Å². The normalized spacial score (nSPS) is 10.2. The SMILES string of the molecule is Cc1ccc(Cc2nnc(NN)[nH]c2=O)cc1. The van der Waals surface area contributed by atoms with Gasteiger partial charge < -0.3 is 0 Å². The molecule has 0 unspecified atom stereocenters. The maximum atomic E-state index is 11.6. The van der Waals surface area contributed by atoms with Gasteiger partial charge in [-0.15, -0.1) is 10.2 Å². The van der Waals surface area contributed by atoms with Crippen LogP contribution < -0.4 is 16.8 Å². The highest BCUT2D eigenvalue weighted by molar-refractivity contribution is 5.25. The summed E-state index contributed by atoms with van der Waals surface area (Å²) in [5.74, 6) is 5.27. The molecule has 0 saturated heterocycles. The summed E-state index contributed by atoms with van der Waals surface area (Å²) in [7, 11) is 0. The molecule has 0 aliphatic heterocycles. The zero-order chi connectivity index (χ0) is 12.3. The van der Waals surface area contributed by atoms with Gasteiger partial charge in [-0.2, -0.15) is 0 Å². The standard InChI is InChI=1S/C11H13N5O/c1-7-2-4-8(5-3-7)6-9-10(17)13-11(14-12)16-15-9/h2-5H,6,12H2,1H3,(H2,13,14,16,17). The minimum atomic E-state index is -0.284. The van der Waals surface area contributed by atoms with E-state index in [4.69, 9.17) is 5.84 Å². The first kappa shape index (κ1) is 11.3. The van der Waals surface area contributed by atoms with E-state index >= 15 is 0 Å². The molecule has 17 heavy (non-hydrogen) atoms. The number of anilines is 1. The first-order valence-corrected chi connectivity index (χ1v) is 5.17. The summed E-state index contributed by atoms with van der Waals surface area (Å²) in [5.41, 5.74) is 4.52. The van der Waals surface area contributed by atoms with Gasteiger partial charge in [0.2, 0.25) is 5.95 Å². The summed E-state index contributed by atoms with van der Waals surface area (Å²) in [4.78, 5) is 14.1. The number of aromatic nitrogens is 3. The van der Waals surface area contributed by atoms with E-state index in [1.807, 2.05) is 31.2 Å². The monoisotopic (exact) mass is 231 g/mol. The third kappa shape index (κ3) is 2.67. The number of H-pyrrole nitrogens is 1. The van der Waals surface area contributed by atoms with E-state index in [1.54, 1.807) is 0 Å². The van der Waals surface area contributed by atoms with E-state index in [0.29, 0.717) is 12.1 Å². The zero-order valence-electron chi connectivity index (χ0n) is 9.40. The molecule has 1 aromatic carbocycles. The fraction of sp³-hybridized carbons (Fsp3) is 0.182. The van der Waals surface area contributed by atoms with Crippen molar-refractivity contribution in [2.45, 2.75) is 13.3 Å². The second kappa shape index (κ2) is 4.75. The number of nitrogens with two attached hydrogens (primary N) is 1. The lowest BCUT2D eigenvalue weighted by atomic mass is 10.1. The van der Waals surface area contributed by atoms with Crippen molar-refractivity contribution >= 4 is 5.95 Å². The number of nitrogen functional groups attached to an aromatic ring is 1. The molecule has 2 aromatic rings. The van der Waals surface area contributed by atoms with Crippen molar-refractivity contribution in [1.29, 1.82) is 0 Å². The van der Waals surface area contributed by atoms with Gasteiger partial charge in [-0.05, 0) is 12.5 Å². The predicted octanol–water partition coefficient (Wildman–Crippen LogP) is 0.350. The van der Waals surface area contributed by atoms with Gasteiger partial charge in [-0.3, -0.25) is 15.2 Å². The summed E-state index contributed by atoms with van der Waals surface area (Å²) in [6, 6.07) is 7.91. The Morgan fingerprint density at radius 2 is 2.00 bits per heavy atom. The number of hydrogen-bond donors (Lipinski definition) is 3. The molecule has 0 radical (unpaired) electrons. The van der Waals surface area contributed by atoms with Crippen molar-refractivity contribution in [2.75, 3.05) is 5.43 Å². The van der Waals surface area contributed by atoms with Gasteiger partial charge in [-0.1, -0.05) is 29.8 Å². The van der Waals surface area contributed by atoms with Crippen LogP contribution in [0.5, 0.6) is 0 Å². The molecule has 0 aliphatic carbocycles. The molecule has 6 heteroatoms. The van der Waals surface area contributed by atoms with Crippen LogP contribution in [0.25, 0.3) is 0 Å². The highest BCUT2D eigenvalue weighted by Crippen LogP contribution is 2.06. The van der Waals surface area contributed by atoms with Gasteiger partial charge in [-0.25, -0.2) is 5.84 Å². The molecule has 1 aromatic heterocycles. The number of hydrogen-bond acceptors (Lipinski definition) is 5. The Morgan fingerprint density at radius 3 is 2.59 bits per heavy atom. The number of hydrazine groups is 1. The van der Waals surface area contributed by atoms with Gasteiger partial charge >= 0.3 is 0 Å². The third-order valence-corrected chi connectivity index (χ3v) is 2.39. The molecule has 1 heterocycles. The van der Waals surface area contributed by atoms with Crippen molar-refractivity contribution in [3.8, 4) is 0 Å². The van der Waals surface area contributed by atoms with Crippen LogP contribution in [0.3, 0.4) is 0 Å². The number of aryl methyl sites for hydroxylation is 1. The number of benzene rings is 1. The van der Waals surface area contributed by atoms with E-state index in [9.17, 15) is 4.79 Å². The zero-order valence-corrected chi connectivity index (χ0v) is 9.40. The van der Waals surface area contributed by atoms with Crippen LogP contribution in [-0.2, 0) is 6.42 Å². The van der Waals surface area contributed by atoms with Crippen molar-refractivity contribution in [3.63, 3.8) is 0 Å². The molecule has 0 bridgehead atoms. The second-order valence-electron chi connectivity index (χ2n) is 3.76. The van der Waals surface area contributed by atoms with Gasteiger partial charge in [0.05, 0.1) is 0 Å². The molecule has 2 rings (SSSR count). The van der Waals surface area contributed by atoms with Crippen molar-refractivity contribution in [1.82, 2.24) is 15.2 Å². The first-order valence-electron chi connectivity index (χ1n) is 5.17. The van der Waals surface area contributed by atoms with Crippen molar-refractivity contribution in [2.24, 2.45) is 5.84 Å². The summed E-state index contributed by atoms with van der Waals surface area (Å²) in [5, 5.41) is 7.56. The van der Waals surface area contributed by atoms with E-state index in [0.717, 1.165) is 5.56 Å². The fourth-order valence-electron chi connectivity index (χ4n) is 1.44. The minimum Gasteiger partial charge on any atom is -0.293 e. The van der Waals surface area contributed by atoms with E-state index < -0.39 is 0 Å². The van der Waals surface area contributed by atoms with Crippen LogP contribution in [0.2, 0.25) is 0 Å². The number of rotatable bonds is 3. The lowest BCUT2D eigenvalue weighted by molar-refractivity contribution is 0.865. The smallest absolute Gasteiger partial charge is 0.274 e. The van der Waals surface area contributed by atoms with Gasteiger partial charge in [0.15, 0.2) is 0 Å². The molecule has 4 N–H and O–H groups in total. The Bertz CT molecular complexity index is 561. The second-order valence-corrected chi connectivity index (χ2v) is 3.76. The molecule has 0 amide bonds. The molecular formula is C11H13N5O. The molecule has 88 valence electrons. The Balaban J connectivity index is 2.24. The van der Waals surface area contributed by atoms with Crippen LogP contribution in [0.1, 0.15) is 16.8 Å². The maximum absolute atomic E-state index is 11.6. The summed E-state index contributed by atoms with van der Waals surface area (Å²) in [6.45, 7) is 2.01. The average Bonchev–Trinajstić information content (AvgIpc) is 2.34. The van der Waals surface area contributed by atoms with Gasteiger partial charge in [0, 0.05) is 6.42 Å². The Kier molecular flexibility index (Phi) is 3.15. The van der Waals surface area contributed by atoms with Gasteiger partial charge in [0.1, 0.15) is 5.69 Å². The van der Waals surface area contributed by atoms with Crippen LogP contribution in [0.15, 0.2) is 29.1 Å². The number of aromatic amines is 1. The largest absolute Gasteiger partial charge is 0.293 e. The van der Waals surface area contributed by atoms with E-state index in [2.05, 4.69) is 20.6 Å². The Labute approximate surface area is 97.9 Å². The first-order chi connectivity index (χ1) is 8.19. The predicted molar refractivity (Wildman–Crippen MR) is 64.4 cm³/mol. The molecule has 0 aliphatic rings. The van der Waals surface area contributed by atoms with Crippen LogP contribution in [0.4, 0.5) is 5.95 Å². The fourth-order valence-corrected chi connectivity index (χ4v) is 1.44. The van der Waals surface area contributed by atoms with E-state index in [-0.39, 0.29) is 11.5 Å². The van der Waals surface area contributed by atoms with Gasteiger partial charge in [0.25, 0.3) is 5.56 Å². The lowest BCUT2D eigenvalue weighted by Crippen LogP contribution is -2.21. The van der Waals surface area contributed by atoms with Crippen LogP contribution in [-0.4, -0.2) is 15.2 Å². The minimum absolute atomic E-state index is 0.155. The quantitative estimate of drug-likeness (QED) is 0.523. The molecule has 0 saturated carbocycles. The lowest BCUT2D eigenvalue weighted by Gasteiger charge is -2.02. The van der Waals surface area contributed by atoms with Crippen molar-refractivity contribution in [3.05, 3.63) is 51.4 Å². The third-order valence-electron chi connectivity index (χ3n) is 2.39. The summed E-state index contributed by atoms with van der Waals surface area (Å²) in [6.07, 6.45) is 0.452.